The second-order valence-corrected chi connectivity index (χ2v) is 8.95. The van der Waals surface area contributed by atoms with E-state index < -0.39 is 0 Å². The van der Waals surface area contributed by atoms with Gasteiger partial charge in [-0.15, -0.1) is 0 Å². The lowest BCUT2D eigenvalue weighted by atomic mass is 10.1. The van der Waals surface area contributed by atoms with E-state index in [1.165, 1.54) is 0 Å². The highest BCUT2D eigenvalue weighted by Crippen LogP contribution is 2.20. The van der Waals surface area contributed by atoms with Crippen LogP contribution in [0, 0.1) is 0 Å². The largest absolute Gasteiger partial charge is 0.383 e. The summed E-state index contributed by atoms with van der Waals surface area (Å²) in [7, 11) is 0. The fourth-order valence-electron chi connectivity index (χ4n) is 4.47. The van der Waals surface area contributed by atoms with Crippen LogP contribution in [-0.4, -0.2) is 57.8 Å². The van der Waals surface area contributed by atoms with Gasteiger partial charge in [0.1, 0.15) is 5.82 Å². The highest BCUT2D eigenvalue weighted by Gasteiger charge is 2.22. The predicted molar refractivity (Wildman–Crippen MR) is 139 cm³/mol. The molecule has 0 spiro atoms. The topological polar surface area (TPSA) is 104 Å². The number of nitrogens with zero attached hydrogens (tertiary/aromatic N) is 4. The fourth-order valence-corrected chi connectivity index (χ4v) is 4.47. The normalized spacial score (nSPS) is 14.1. The van der Waals surface area contributed by atoms with Crippen molar-refractivity contribution < 1.29 is 9.59 Å². The number of hydrogen-bond donors (Lipinski definition) is 2. The number of amides is 2. The second kappa shape index (κ2) is 10.5. The molecule has 2 amide bonds. The molecule has 0 aliphatic carbocycles. The number of pyridine rings is 2. The van der Waals surface area contributed by atoms with Crippen molar-refractivity contribution >= 4 is 28.4 Å². The number of nitrogen functional groups attached to an aromatic ring is 1. The van der Waals surface area contributed by atoms with Gasteiger partial charge in [0.25, 0.3) is 11.8 Å². The van der Waals surface area contributed by atoms with Crippen LogP contribution < -0.4 is 11.1 Å². The number of fused-ring (bicyclic) bond motifs is 1. The summed E-state index contributed by atoms with van der Waals surface area (Å²) in [5, 5.41) is 4.86. The average Bonchev–Trinajstić information content (AvgIpc) is 2.92. The average molecular weight is 481 g/mol. The molecule has 0 saturated carbocycles. The Labute approximate surface area is 209 Å². The molecule has 36 heavy (non-hydrogen) atoms. The maximum absolute atomic E-state index is 12.8. The minimum atomic E-state index is -0.169. The Morgan fingerprint density at radius 2 is 1.69 bits per heavy atom. The van der Waals surface area contributed by atoms with Crippen LogP contribution in [0.25, 0.3) is 10.8 Å². The van der Waals surface area contributed by atoms with Crippen molar-refractivity contribution in [3.8, 4) is 0 Å². The zero-order valence-corrected chi connectivity index (χ0v) is 19.9. The van der Waals surface area contributed by atoms with Crippen molar-refractivity contribution in [1.29, 1.82) is 0 Å². The summed E-state index contributed by atoms with van der Waals surface area (Å²) < 4.78 is 0. The molecule has 4 aromatic rings. The first kappa shape index (κ1) is 23.4. The summed E-state index contributed by atoms with van der Waals surface area (Å²) in [5.41, 5.74) is 9.12. The molecule has 8 nitrogen and oxygen atoms in total. The molecule has 3 N–H and O–H groups in total. The number of rotatable bonds is 6. The molecule has 182 valence electrons. The first-order chi connectivity index (χ1) is 17.6. The van der Waals surface area contributed by atoms with Crippen molar-refractivity contribution in [1.82, 2.24) is 25.1 Å². The van der Waals surface area contributed by atoms with Crippen molar-refractivity contribution in [2.45, 2.75) is 13.1 Å². The fraction of sp³-hybridized carbons (Fsp3) is 0.214. The number of nitrogens with two attached hydrogens (primary N) is 1. The van der Waals surface area contributed by atoms with Gasteiger partial charge in [-0.3, -0.25) is 19.5 Å². The van der Waals surface area contributed by atoms with E-state index in [2.05, 4.69) is 20.2 Å². The molecule has 2 aromatic heterocycles. The zero-order valence-electron chi connectivity index (χ0n) is 19.9. The first-order valence-corrected chi connectivity index (χ1v) is 12.0. The maximum atomic E-state index is 12.8. The molecule has 0 unspecified atom stereocenters. The summed E-state index contributed by atoms with van der Waals surface area (Å²) in [4.78, 5) is 38.0. The molecule has 3 heterocycles. The third-order valence-corrected chi connectivity index (χ3v) is 6.46. The van der Waals surface area contributed by atoms with Crippen molar-refractivity contribution in [3.63, 3.8) is 0 Å². The summed E-state index contributed by atoms with van der Waals surface area (Å²) in [6.07, 6.45) is 5.06. The van der Waals surface area contributed by atoms with E-state index in [1.54, 1.807) is 18.6 Å². The monoisotopic (exact) mass is 480 g/mol. The van der Waals surface area contributed by atoms with Gasteiger partial charge in [0.15, 0.2) is 0 Å². The number of hydrogen-bond acceptors (Lipinski definition) is 6. The van der Waals surface area contributed by atoms with E-state index in [-0.39, 0.29) is 11.8 Å². The minimum Gasteiger partial charge on any atom is -0.383 e. The Hall–Kier alpha value is -4.30. The molecular weight excluding hydrogens is 452 g/mol. The molecule has 0 radical (unpaired) electrons. The Morgan fingerprint density at radius 3 is 2.50 bits per heavy atom. The van der Waals surface area contributed by atoms with Crippen LogP contribution in [0.1, 0.15) is 31.8 Å². The highest BCUT2D eigenvalue weighted by molar-refractivity contribution is 5.95. The first-order valence-electron chi connectivity index (χ1n) is 12.0. The molecule has 1 aliphatic rings. The van der Waals surface area contributed by atoms with E-state index in [0.717, 1.165) is 40.6 Å². The lowest BCUT2D eigenvalue weighted by molar-refractivity contribution is 0.0628. The van der Waals surface area contributed by atoms with E-state index in [4.69, 9.17) is 5.73 Å². The van der Waals surface area contributed by atoms with Gasteiger partial charge >= 0.3 is 0 Å². The SMILES string of the molecule is Nc1nccc2cc(CNC(=O)c3cncc(CN4CCN(C(=O)c5ccccc5)CC4)c3)ccc12. The smallest absolute Gasteiger partial charge is 0.253 e. The van der Waals surface area contributed by atoms with Crippen LogP contribution in [0.3, 0.4) is 0 Å². The van der Waals surface area contributed by atoms with Crippen LogP contribution in [0.2, 0.25) is 0 Å². The molecule has 1 fully saturated rings. The molecule has 0 atom stereocenters. The second-order valence-electron chi connectivity index (χ2n) is 8.95. The summed E-state index contributed by atoms with van der Waals surface area (Å²) in [6.45, 7) is 3.98. The zero-order chi connectivity index (χ0) is 24.9. The van der Waals surface area contributed by atoms with Crippen LogP contribution in [0.4, 0.5) is 5.82 Å². The lowest BCUT2D eigenvalue weighted by Gasteiger charge is -2.34. The van der Waals surface area contributed by atoms with Gasteiger partial charge in [-0.1, -0.05) is 30.3 Å². The summed E-state index contributed by atoms with van der Waals surface area (Å²) in [6, 6.07) is 19.0. The Balaban J connectivity index is 1.15. The molecular formula is C28H28N6O2. The van der Waals surface area contributed by atoms with Gasteiger partial charge in [-0.2, -0.15) is 0 Å². The van der Waals surface area contributed by atoms with Crippen molar-refractivity contribution in [2.24, 2.45) is 0 Å². The quantitative estimate of drug-likeness (QED) is 0.440. The molecule has 0 bridgehead atoms. The third-order valence-electron chi connectivity index (χ3n) is 6.46. The summed E-state index contributed by atoms with van der Waals surface area (Å²) in [5.74, 6) is 0.397. The minimum absolute atomic E-state index is 0.0714. The molecule has 2 aromatic carbocycles. The number of nitrogens with one attached hydrogen (secondary N) is 1. The van der Waals surface area contributed by atoms with E-state index in [9.17, 15) is 9.59 Å². The number of anilines is 1. The number of carbonyl (C=O) groups excluding carboxylic acids is 2. The molecule has 1 aliphatic heterocycles. The van der Waals surface area contributed by atoms with E-state index >= 15 is 0 Å². The lowest BCUT2D eigenvalue weighted by Crippen LogP contribution is -2.48. The Bertz CT molecular complexity index is 1380. The van der Waals surface area contributed by atoms with Gasteiger partial charge in [-0.25, -0.2) is 4.98 Å². The van der Waals surface area contributed by atoms with E-state index in [1.807, 2.05) is 65.6 Å². The van der Waals surface area contributed by atoms with Crippen LogP contribution >= 0.6 is 0 Å². The van der Waals surface area contributed by atoms with Gasteiger partial charge in [0.2, 0.25) is 0 Å². The number of aromatic nitrogens is 2. The van der Waals surface area contributed by atoms with Crippen LogP contribution in [0.5, 0.6) is 0 Å². The predicted octanol–water partition coefficient (Wildman–Crippen LogP) is 3.10. The molecule has 5 rings (SSSR count). The number of piperazine rings is 1. The molecule has 1 saturated heterocycles. The van der Waals surface area contributed by atoms with Crippen LogP contribution in [-0.2, 0) is 13.1 Å². The number of carbonyl (C=O) groups is 2. The van der Waals surface area contributed by atoms with Gasteiger partial charge in [0, 0.05) is 68.8 Å². The maximum Gasteiger partial charge on any atom is 0.253 e. The standard InChI is InChI=1S/C28H28N6O2/c29-26-25-7-6-20(14-23(25)8-9-31-26)17-32-27(35)24-15-21(16-30-18-24)19-33-10-12-34(13-11-33)28(36)22-4-2-1-3-5-22/h1-9,14-16,18H,10-13,17,19H2,(H2,29,31)(H,32,35). The van der Waals surface area contributed by atoms with E-state index in [0.29, 0.717) is 37.6 Å². The Morgan fingerprint density at radius 1 is 0.889 bits per heavy atom. The van der Waals surface area contributed by atoms with Crippen LogP contribution in [0.15, 0.2) is 79.3 Å². The van der Waals surface area contributed by atoms with Gasteiger partial charge < -0.3 is 16.0 Å². The van der Waals surface area contributed by atoms with Crippen molar-refractivity contribution in [2.75, 3.05) is 31.9 Å². The third kappa shape index (κ3) is 5.34. The van der Waals surface area contributed by atoms with Gasteiger partial charge in [0.05, 0.1) is 5.56 Å². The van der Waals surface area contributed by atoms with Crippen molar-refractivity contribution in [3.05, 3.63) is 102 Å². The Kier molecular flexibility index (Phi) is 6.86. The summed E-state index contributed by atoms with van der Waals surface area (Å²) >= 11 is 0. The molecule has 8 heteroatoms. The highest BCUT2D eigenvalue weighted by atomic mass is 16.2. The number of benzene rings is 2. The van der Waals surface area contributed by atoms with Gasteiger partial charge in [-0.05, 0) is 46.8 Å².